The van der Waals surface area contributed by atoms with Crippen LogP contribution in [0.5, 0.6) is 0 Å². The van der Waals surface area contributed by atoms with E-state index in [1.807, 2.05) is 0 Å². The molecule has 21 heavy (non-hydrogen) atoms. The number of nitrogens with zero attached hydrogens (tertiary/aromatic N) is 2. The number of hydrogen-bond donors (Lipinski definition) is 1. The van der Waals surface area contributed by atoms with E-state index in [1.54, 1.807) is 17.9 Å². The molecule has 114 valence electrons. The summed E-state index contributed by atoms with van der Waals surface area (Å²) in [5.74, 6) is -0.426. The molecule has 1 aromatic carbocycles. The Morgan fingerprint density at radius 2 is 2.19 bits per heavy atom. The first-order valence-corrected chi connectivity index (χ1v) is 8.60. The van der Waals surface area contributed by atoms with Crippen molar-refractivity contribution in [1.82, 2.24) is 14.6 Å². The van der Waals surface area contributed by atoms with E-state index in [4.69, 9.17) is 0 Å². The van der Waals surface area contributed by atoms with Crippen LogP contribution in [-0.2, 0) is 23.1 Å². The third-order valence-electron chi connectivity index (χ3n) is 2.96. The van der Waals surface area contributed by atoms with Crippen LogP contribution >= 0.6 is 11.3 Å². The van der Waals surface area contributed by atoms with Crippen LogP contribution < -0.4 is 5.32 Å². The quantitative estimate of drug-likeness (QED) is 0.878. The molecule has 1 heterocycles. The molecular formula is C13H16FN3O2S2. The highest BCUT2D eigenvalue weighted by molar-refractivity contribution is 7.89. The topological polar surface area (TPSA) is 62.3 Å². The normalized spacial score (nSPS) is 12.0. The van der Waals surface area contributed by atoms with Crippen molar-refractivity contribution in [2.24, 2.45) is 0 Å². The minimum absolute atomic E-state index is 0.0758. The molecule has 0 unspecified atom stereocenters. The molecule has 0 aliphatic rings. The van der Waals surface area contributed by atoms with Gasteiger partial charge >= 0.3 is 0 Å². The zero-order valence-corrected chi connectivity index (χ0v) is 13.3. The van der Waals surface area contributed by atoms with Crippen LogP contribution in [0.15, 0.2) is 34.0 Å². The third kappa shape index (κ3) is 3.65. The van der Waals surface area contributed by atoms with E-state index < -0.39 is 15.8 Å². The number of aromatic nitrogens is 1. The Bertz CT molecular complexity index is 702. The van der Waals surface area contributed by atoms with E-state index in [0.29, 0.717) is 11.3 Å². The molecule has 0 fully saturated rings. The molecule has 0 radical (unpaired) electrons. The SMILES string of the molecule is CNCc1cc(S(=O)(=O)N(C)Cc2cscn2)ccc1F. The number of rotatable bonds is 6. The van der Waals surface area contributed by atoms with Crippen LogP contribution in [0.25, 0.3) is 0 Å². The number of sulfonamides is 1. The second kappa shape index (κ2) is 6.61. The lowest BCUT2D eigenvalue weighted by Gasteiger charge is -2.17. The molecule has 0 saturated carbocycles. The van der Waals surface area contributed by atoms with E-state index in [2.05, 4.69) is 10.3 Å². The van der Waals surface area contributed by atoms with E-state index in [9.17, 15) is 12.8 Å². The van der Waals surface area contributed by atoms with Crippen molar-refractivity contribution in [3.63, 3.8) is 0 Å². The Balaban J connectivity index is 2.28. The summed E-state index contributed by atoms with van der Waals surface area (Å²) in [6, 6.07) is 3.82. The minimum atomic E-state index is -3.67. The zero-order valence-electron chi connectivity index (χ0n) is 11.7. The summed E-state index contributed by atoms with van der Waals surface area (Å²) in [4.78, 5) is 4.14. The Hall–Kier alpha value is -1.35. The summed E-state index contributed by atoms with van der Waals surface area (Å²) in [6.07, 6.45) is 0. The summed E-state index contributed by atoms with van der Waals surface area (Å²) < 4.78 is 39.8. The second-order valence-corrected chi connectivity index (χ2v) is 7.29. The standard InChI is InChI=1S/C13H16FN3O2S2/c1-15-6-10-5-12(3-4-13(10)14)21(18,19)17(2)7-11-8-20-9-16-11/h3-5,8-9,15H,6-7H2,1-2H3. The molecule has 0 saturated heterocycles. The molecule has 8 heteroatoms. The molecule has 0 bridgehead atoms. The van der Waals surface area contributed by atoms with Crippen molar-refractivity contribution in [2.45, 2.75) is 18.0 Å². The summed E-state index contributed by atoms with van der Waals surface area (Å²) in [5.41, 5.74) is 2.66. The largest absolute Gasteiger partial charge is 0.316 e. The number of halogens is 1. The van der Waals surface area contributed by atoms with E-state index in [0.717, 1.165) is 0 Å². The van der Waals surface area contributed by atoms with E-state index in [-0.39, 0.29) is 18.0 Å². The lowest BCUT2D eigenvalue weighted by molar-refractivity contribution is 0.462. The lowest BCUT2D eigenvalue weighted by Crippen LogP contribution is -2.27. The lowest BCUT2D eigenvalue weighted by atomic mass is 10.2. The average molecular weight is 329 g/mol. The van der Waals surface area contributed by atoms with Crippen molar-refractivity contribution in [3.8, 4) is 0 Å². The predicted molar refractivity (Wildman–Crippen MR) is 79.9 cm³/mol. The summed E-state index contributed by atoms with van der Waals surface area (Å²) in [6.45, 7) is 0.454. The van der Waals surface area contributed by atoms with Crippen LogP contribution in [0.1, 0.15) is 11.3 Å². The van der Waals surface area contributed by atoms with E-state index in [1.165, 1.54) is 40.9 Å². The van der Waals surface area contributed by atoms with Crippen LogP contribution in [-0.4, -0.2) is 31.8 Å². The van der Waals surface area contributed by atoms with Gasteiger partial charge < -0.3 is 5.32 Å². The third-order valence-corrected chi connectivity index (χ3v) is 5.40. The Kier molecular flexibility index (Phi) is 5.04. The van der Waals surface area contributed by atoms with Gasteiger partial charge in [0.05, 0.1) is 22.6 Å². The van der Waals surface area contributed by atoms with Crippen LogP contribution in [0.4, 0.5) is 4.39 Å². The zero-order chi connectivity index (χ0) is 15.5. The smallest absolute Gasteiger partial charge is 0.243 e. The molecule has 2 aromatic rings. The second-order valence-electron chi connectivity index (χ2n) is 4.52. The Morgan fingerprint density at radius 3 is 2.81 bits per heavy atom. The molecule has 2 rings (SSSR count). The molecule has 5 nitrogen and oxygen atoms in total. The predicted octanol–water partition coefficient (Wildman–Crippen LogP) is 1.82. The van der Waals surface area contributed by atoms with Gasteiger partial charge in [0.1, 0.15) is 5.82 Å². The van der Waals surface area contributed by atoms with Gasteiger partial charge in [-0.3, -0.25) is 0 Å². The maximum Gasteiger partial charge on any atom is 0.243 e. The van der Waals surface area contributed by atoms with Gasteiger partial charge in [0.25, 0.3) is 0 Å². The highest BCUT2D eigenvalue weighted by Gasteiger charge is 2.22. The molecule has 0 spiro atoms. The first-order chi connectivity index (χ1) is 9.95. The van der Waals surface area contributed by atoms with Gasteiger partial charge in [-0.2, -0.15) is 4.31 Å². The molecule has 1 N–H and O–H groups in total. The van der Waals surface area contributed by atoms with Gasteiger partial charge in [-0.15, -0.1) is 11.3 Å². The number of nitrogens with one attached hydrogen (secondary N) is 1. The first kappa shape index (κ1) is 16.0. The summed E-state index contributed by atoms with van der Waals surface area (Å²) in [7, 11) is -0.512. The minimum Gasteiger partial charge on any atom is -0.316 e. The first-order valence-electron chi connectivity index (χ1n) is 6.21. The molecule has 0 aliphatic heterocycles. The van der Waals surface area contributed by atoms with Gasteiger partial charge in [0, 0.05) is 24.5 Å². The van der Waals surface area contributed by atoms with Gasteiger partial charge in [0.15, 0.2) is 0 Å². The molecule has 0 amide bonds. The fraction of sp³-hybridized carbons (Fsp3) is 0.308. The van der Waals surface area contributed by atoms with Gasteiger partial charge in [0.2, 0.25) is 10.0 Å². The van der Waals surface area contributed by atoms with Crippen LogP contribution in [0.2, 0.25) is 0 Å². The van der Waals surface area contributed by atoms with Crippen molar-refractivity contribution in [3.05, 3.63) is 46.2 Å². The van der Waals surface area contributed by atoms with Crippen molar-refractivity contribution in [1.29, 1.82) is 0 Å². The number of thiazole rings is 1. The monoisotopic (exact) mass is 329 g/mol. The summed E-state index contributed by atoms with van der Waals surface area (Å²) in [5, 5.41) is 4.61. The van der Waals surface area contributed by atoms with Gasteiger partial charge in [-0.05, 0) is 25.2 Å². The van der Waals surface area contributed by atoms with Crippen molar-refractivity contribution >= 4 is 21.4 Å². The van der Waals surface area contributed by atoms with Crippen molar-refractivity contribution in [2.75, 3.05) is 14.1 Å². The molecule has 0 aliphatic carbocycles. The molecule has 1 aromatic heterocycles. The highest BCUT2D eigenvalue weighted by Crippen LogP contribution is 2.20. The van der Waals surface area contributed by atoms with E-state index >= 15 is 0 Å². The Morgan fingerprint density at radius 1 is 1.43 bits per heavy atom. The van der Waals surface area contributed by atoms with Gasteiger partial charge in [-0.1, -0.05) is 0 Å². The highest BCUT2D eigenvalue weighted by atomic mass is 32.2. The van der Waals surface area contributed by atoms with Crippen molar-refractivity contribution < 1.29 is 12.8 Å². The van der Waals surface area contributed by atoms with Gasteiger partial charge in [-0.25, -0.2) is 17.8 Å². The fourth-order valence-electron chi connectivity index (χ4n) is 1.85. The summed E-state index contributed by atoms with van der Waals surface area (Å²) >= 11 is 1.41. The average Bonchev–Trinajstić information content (AvgIpc) is 2.94. The number of benzene rings is 1. The molecule has 0 atom stereocenters. The Labute approximate surface area is 127 Å². The molecular weight excluding hydrogens is 313 g/mol. The maximum atomic E-state index is 13.6. The number of hydrogen-bond acceptors (Lipinski definition) is 5. The fourth-order valence-corrected chi connectivity index (χ4v) is 3.59. The van der Waals surface area contributed by atoms with Crippen LogP contribution in [0.3, 0.4) is 0 Å². The van der Waals surface area contributed by atoms with Crippen LogP contribution in [0, 0.1) is 5.82 Å². The maximum absolute atomic E-state index is 13.6.